The second-order valence-corrected chi connectivity index (χ2v) is 5.64. The summed E-state index contributed by atoms with van der Waals surface area (Å²) in [7, 11) is 1.64. The lowest BCUT2D eigenvalue weighted by atomic mass is 9.99. The molecule has 1 saturated heterocycles. The molecule has 2 atom stereocenters. The maximum Gasteiger partial charge on any atom is 0.222 e. The minimum absolute atomic E-state index is 0.0666. The standard InChI is InChI=1S/C13H26N2O2/c1-10-6-5-7-11(15-10)9-14-12(16)8-13(2,3)17-4/h10-11,15H,5-9H2,1-4H3,(H,14,16). The molecule has 0 saturated carbocycles. The average Bonchev–Trinajstić information content (AvgIpc) is 2.26. The van der Waals surface area contributed by atoms with Crippen LogP contribution in [-0.2, 0) is 9.53 Å². The highest BCUT2D eigenvalue weighted by Crippen LogP contribution is 2.13. The predicted octanol–water partition coefficient (Wildman–Crippen LogP) is 1.45. The van der Waals surface area contributed by atoms with Crippen molar-refractivity contribution in [2.75, 3.05) is 13.7 Å². The molecule has 17 heavy (non-hydrogen) atoms. The van der Waals surface area contributed by atoms with Crippen molar-refractivity contribution >= 4 is 5.91 Å². The third-order valence-electron chi connectivity index (χ3n) is 3.39. The molecule has 1 amide bonds. The van der Waals surface area contributed by atoms with Gasteiger partial charge in [0.2, 0.25) is 5.91 Å². The molecule has 2 N–H and O–H groups in total. The van der Waals surface area contributed by atoms with E-state index >= 15 is 0 Å². The summed E-state index contributed by atoms with van der Waals surface area (Å²) < 4.78 is 5.24. The highest BCUT2D eigenvalue weighted by atomic mass is 16.5. The fourth-order valence-corrected chi connectivity index (χ4v) is 2.16. The van der Waals surface area contributed by atoms with Crippen LogP contribution < -0.4 is 10.6 Å². The molecule has 100 valence electrons. The van der Waals surface area contributed by atoms with Crippen LogP contribution in [0.1, 0.15) is 46.5 Å². The molecule has 2 unspecified atom stereocenters. The average molecular weight is 242 g/mol. The minimum Gasteiger partial charge on any atom is -0.378 e. The molecule has 1 rings (SSSR count). The highest BCUT2D eigenvalue weighted by Gasteiger charge is 2.22. The van der Waals surface area contributed by atoms with Crippen LogP contribution in [0, 0.1) is 0 Å². The van der Waals surface area contributed by atoms with Crippen LogP contribution >= 0.6 is 0 Å². The number of rotatable bonds is 5. The molecule has 0 aliphatic carbocycles. The summed E-state index contributed by atoms with van der Waals surface area (Å²) in [4.78, 5) is 11.7. The maximum atomic E-state index is 11.7. The normalized spacial score (nSPS) is 25.6. The molecule has 0 bridgehead atoms. The highest BCUT2D eigenvalue weighted by molar-refractivity contribution is 5.76. The van der Waals surface area contributed by atoms with Crippen molar-refractivity contribution in [1.29, 1.82) is 0 Å². The van der Waals surface area contributed by atoms with Crippen LogP contribution in [0.2, 0.25) is 0 Å². The van der Waals surface area contributed by atoms with E-state index in [2.05, 4.69) is 17.6 Å². The van der Waals surface area contributed by atoms with E-state index in [9.17, 15) is 4.79 Å². The molecule has 1 aliphatic rings. The van der Waals surface area contributed by atoms with Crippen molar-refractivity contribution in [2.24, 2.45) is 0 Å². The van der Waals surface area contributed by atoms with Gasteiger partial charge in [-0.2, -0.15) is 0 Å². The lowest BCUT2D eigenvalue weighted by Gasteiger charge is -2.29. The molecule has 0 radical (unpaired) electrons. The van der Waals surface area contributed by atoms with Crippen molar-refractivity contribution in [3.63, 3.8) is 0 Å². The summed E-state index contributed by atoms with van der Waals surface area (Å²) >= 11 is 0. The Balaban J connectivity index is 2.23. The van der Waals surface area contributed by atoms with E-state index in [1.54, 1.807) is 7.11 Å². The Morgan fingerprint density at radius 3 is 2.76 bits per heavy atom. The molecule has 0 spiro atoms. The fraction of sp³-hybridized carbons (Fsp3) is 0.923. The van der Waals surface area contributed by atoms with E-state index in [-0.39, 0.29) is 11.5 Å². The van der Waals surface area contributed by atoms with Gasteiger partial charge in [-0.1, -0.05) is 6.42 Å². The quantitative estimate of drug-likeness (QED) is 0.767. The lowest BCUT2D eigenvalue weighted by molar-refractivity contribution is -0.126. The Morgan fingerprint density at radius 2 is 2.18 bits per heavy atom. The number of nitrogens with one attached hydrogen (secondary N) is 2. The third-order valence-corrected chi connectivity index (χ3v) is 3.39. The van der Waals surface area contributed by atoms with Crippen LogP contribution in [0.25, 0.3) is 0 Å². The molecule has 0 aromatic heterocycles. The van der Waals surface area contributed by atoms with E-state index in [4.69, 9.17) is 4.74 Å². The predicted molar refractivity (Wildman–Crippen MR) is 69.0 cm³/mol. The Labute approximate surface area is 104 Å². The van der Waals surface area contributed by atoms with Gasteiger partial charge in [0.15, 0.2) is 0 Å². The second-order valence-electron chi connectivity index (χ2n) is 5.64. The second kappa shape index (κ2) is 6.36. The van der Waals surface area contributed by atoms with Gasteiger partial charge in [0, 0.05) is 25.7 Å². The first-order chi connectivity index (χ1) is 7.93. The van der Waals surface area contributed by atoms with Gasteiger partial charge in [0.25, 0.3) is 0 Å². The Hall–Kier alpha value is -0.610. The lowest BCUT2D eigenvalue weighted by Crippen LogP contribution is -2.48. The van der Waals surface area contributed by atoms with Gasteiger partial charge in [-0.05, 0) is 33.6 Å². The largest absolute Gasteiger partial charge is 0.378 e. The summed E-state index contributed by atoms with van der Waals surface area (Å²) in [6.07, 6.45) is 4.05. The van der Waals surface area contributed by atoms with Crippen molar-refractivity contribution in [2.45, 2.75) is 64.1 Å². The molecule has 1 aliphatic heterocycles. The van der Waals surface area contributed by atoms with Gasteiger partial charge in [-0.25, -0.2) is 0 Å². The minimum atomic E-state index is -0.378. The van der Waals surface area contributed by atoms with Crippen LogP contribution in [0.4, 0.5) is 0 Å². The molecule has 1 fully saturated rings. The summed E-state index contributed by atoms with van der Waals surface area (Å²) in [5, 5.41) is 6.48. The number of amides is 1. The van der Waals surface area contributed by atoms with Crippen molar-refractivity contribution in [3.8, 4) is 0 Å². The van der Waals surface area contributed by atoms with Crippen molar-refractivity contribution in [1.82, 2.24) is 10.6 Å². The maximum absolute atomic E-state index is 11.7. The monoisotopic (exact) mass is 242 g/mol. The zero-order chi connectivity index (χ0) is 12.9. The summed E-state index contributed by atoms with van der Waals surface area (Å²) in [5.74, 6) is 0.0666. The van der Waals surface area contributed by atoms with E-state index in [1.165, 1.54) is 12.8 Å². The van der Waals surface area contributed by atoms with E-state index < -0.39 is 0 Å². The van der Waals surface area contributed by atoms with Crippen molar-refractivity contribution in [3.05, 3.63) is 0 Å². The smallest absolute Gasteiger partial charge is 0.222 e. The Bertz CT molecular complexity index is 254. The number of carbonyl (C=O) groups excluding carboxylic acids is 1. The van der Waals surface area contributed by atoms with E-state index in [1.807, 2.05) is 13.8 Å². The van der Waals surface area contributed by atoms with Crippen LogP contribution in [0.15, 0.2) is 0 Å². The molecule has 1 heterocycles. The molecule has 4 heteroatoms. The molecular formula is C13H26N2O2. The fourth-order valence-electron chi connectivity index (χ4n) is 2.16. The number of carbonyl (C=O) groups is 1. The molecule has 0 aromatic carbocycles. The van der Waals surface area contributed by atoms with Gasteiger partial charge in [0.1, 0.15) is 0 Å². The van der Waals surface area contributed by atoms with Crippen molar-refractivity contribution < 1.29 is 9.53 Å². The van der Waals surface area contributed by atoms with Gasteiger partial charge in [-0.15, -0.1) is 0 Å². The molecule has 0 aromatic rings. The van der Waals surface area contributed by atoms with E-state index in [0.29, 0.717) is 18.5 Å². The Kier molecular flexibility index (Phi) is 5.40. The van der Waals surface area contributed by atoms with E-state index in [0.717, 1.165) is 13.0 Å². The van der Waals surface area contributed by atoms with Gasteiger partial charge in [0.05, 0.1) is 12.0 Å². The third kappa shape index (κ3) is 5.50. The van der Waals surface area contributed by atoms with Crippen LogP contribution in [0.5, 0.6) is 0 Å². The summed E-state index contributed by atoms with van der Waals surface area (Å²) in [6.45, 7) is 6.77. The van der Waals surface area contributed by atoms with Gasteiger partial charge in [-0.3, -0.25) is 4.79 Å². The van der Waals surface area contributed by atoms with Crippen LogP contribution in [0.3, 0.4) is 0 Å². The topological polar surface area (TPSA) is 50.4 Å². The number of ether oxygens (including phenoxy) is 1. The van der Waals surface area contributed by atoms with Crippen LogP contribution in [-0.4, -0.2) is 37.2 Å². The van der Waals surface area contributed by atoms with Gasteiger partial charge >= 0.3 is 0 Å². The summed E-state index contributed by atoms with van der Waals surface area (Å²) in [6, 6.07) is 0.995. The number of piperidine rings is 1. The molecular weight excluding hydrogens is 216 g/mol. The zero-order valence-corrected chi connectivity index (χ0v) is 11.5. The number of hydrogen-bond acceptors (Lipinski definition) is 3. The molecule has 4 nitrogen and oxygen atoms in total. The summed E-state index contributed by atoms with van der Waals surface area (Å²) in [5.41, 5.74) is -0.378. The number of methoxy groups -OCH3 is 1. The number of hydrogen-bond donors (Lipinski definition) is 2. The zero-order valence-electron chi connectivity index (χ0n) is 11.5. The Morgan fingerprint density at radius 1 is 1.47 bits per heavy atom. The SMILES string of the molecule is COC(C)(C)CC(=O)NCC1CCCC(C)N1. The first-order valence-corrected chi connectivity index (χ1v) is 6.51. The first kappa shape index (κ1) is 14.5. The first-order valence-electron chi connectivity index (χ1n) is 6.51. The van der Waals surface area contributed by atoms with Gasteiger partial charge < -0.3 is 15.4 Å².